The first-order valence-electron chi connectivity index (χ1n) is 8.39. The third kappa shape index (κ3) is 3.05. The number of nitrogens with one attached hydrogen (secondary N) is 2. The van der Waals surface area contributed by atoms with Crippen molar-refractivity contribution in [2.75, 3.05) is 13.7 Å². The fourth-order valence-corrected chi connectivity index (χ4v) is 4.71. The number of ether oxygens (including phenoxy) is 1. The van der Waals surface area contributed by atoms with E-state index in [-0.39, 0.29) is 0 Å². The molecule has 0 heterocycles. The Morgan fingerprint density at radius 2 is 2.13 bits per heavy atom. The number of benzene rings is 1. The van der Waals surface area contributed by atoms with Crippen molar-refractivity contribution in [2.24, 2.45) is 5.41 Å². The second-order valence-electron chi connectivity index (χ2n) is 6.55. The van der Waals surface area contributed by atoms with Crippen LogP contribution in [-0.4, -0.2) is 34.2 Å². The molecule has 128 valence electrons. The Morgan fingerprint density at radius 3 is 2.74 bits per heavy atom. The molecule has 0 aliphatic heterocycles. The predicted molar refractivity (Wildman–Crippen MR) is 89.6 cm³/mol. The maximum absolute atomic E-state index is 11.9. The molecule has 5 nitrogen and oxygen atoms in total. The van der Waals surface area contributed by atoms with Gasteiger partial charge in [0.1, 0.15) is 0 Å². The summed E-state index contributed by atoms with van der Waals surface area (Å²) < 4.78 is 32.0. The molecular weight excluding hydrogens is 312 g/mol. The van der Waals surface area contributed by atoms with Crippen LogP contribution in [0.15, 0.2) is 29.2 Å². The van der Waals surface area contributed by atoms with E-state index in [0.29, 0.717) is 29.0 Å². The molecule has 6 heteroatoms. The highest BCUT2D eigenvalue weighted by Crippen LogP contribution is 2.57. The van der Waals surface area contributed by atoms with Gasteiger partial charge in [0.2, 0.25) is 10.0 Å². The summed E-state index contributed by atoms with van der Waals surface area (Å²) in [5.41, 5.74) is 1.32. The van der Waals surface area contributed by atoms with Gasteiger partial charge in [-0.25, -0.2) is 13.1 Å². The van der Waals surface area contributed by atoms with Gasteiger partial charge in [0.15, 0.2) is 0 Å². The standard InChI is InChI=1S/C17H26N2O3S/c1-3-22-16-11-15(17(16)8-5-9-17)19-12-13-6-4-7-14(10-13)23(20,21)18-2/h4,6-7,10,15-16,18-19H,3,5,8-9,11-12H2,1-2H3/t15-,16+/m0/s1. The third-order valence-electron chi connectivity index (χ3n) is 5.47. The largest absolute Gasteiger partial charge is 0.378 e. The van der Waals surface area contributed by atoms with E-state index in [1.807, 2.05) is 6.07 Å². The van der Waals surface area contributed by atoms with Gasteiger partial charge in [-0.15, -0.1) is 0 Å². The minimum atomic E-state index is -3.38. The molecule has 0 bridgehead atoms. The molecule has 0 amide bonds. The van der Waals surface area contributed by atoms with Crippen molar-refractivity contribution in [1.29, 1.82) is 0 Å². The summed E-state index contributed by atoms with van der Waals surface area (Å²) in [6, 6.07) is 7.61. The smallest absolute Gasteiger partial charge is 0.240 e. The summed E-state index contributed by atoms with van der Waals surface area (Å²) in [7, 11) is -1.95. The van der Waals surface area contributed by atoms with E-state index in [9.17, 15) is 8.42 Å². The zero-order chi connectivity index (χ0) is 16.5. The SMILES string of the molecule is CCO[C@@H]1C[C@H](NCc2cccc(S(=O)(=O)NC)c2)C12CCC2. The minimum absolute atomic E-state index is 0.318. The monoisotopic (exact) mass is 338 g/mol. The summed E-state index contributed by atoms with van der Waals surface area (Å²) in [5, 5.41) is 3.62. The van der Waals surface area contributed by atoms with Crippen molar-refractivity contribution in [1.82, 2.24) is 10.0 Å². The molecule has 3 rings (SSSR count). The van der Waals surface area contributed by atoms with Crippen LogP contribution < -0.4 is 10.0 Å². The Bertz CT molecular complexity index is 656. The third-order valence-corrected chi connectivity index (χ3v) is 6.88. The maximum Gasteiger partial charge on any atom is 0.240 e. The second-order valence-corrected chi connectivity index (χ2v) is 8.44. The number of rotatable bonds is 7. The van der Waals surface area contributed by atoms with Crippen LogP contribution in [0.25, 0.3) is 0 Å². The lowest BCUT2D eigenvalue weighted by Crippen LogP contribution is -2.66. The molecule has 1 aromatic rings. The Morgan fingerprint density at radius 1 is 1.35 bits per heavy atom. The van der Waals surface area contributed by atoms with Gasteiger partial charge < -0.3 is 10.1 Å². The topological polar surface area (TPSA) is 67.4 Å². The van der Waals surface area contributed by atoms with Gasteiger partial charge in [-0.05, 0) is 50.9 Å². The molecule has 0 unspecified atom stereocenters. The molecule has 2 aliphatic rings. The highest BCUT2D eigenvalue weighted by molar-refractivity contribution is 7.89. The molecule has 2 N–H and O–H groups in total. The highest BCUT2D eigenvalue weighted by atomic mass is 32.2. The van der Waals surface area contributed by atoms with Crippen LogP contribution in [0.3, 0.4) is 0 Å². The van der Waals surface area contributed by atoms with Gasteiger partial charge in [0.05, 0.1) is 11.0 Å². The minimum Gasteiger partial charge on any atom is -0.378 e. The Labute approximate surface area is 138 Å². The maximum atomic E-state index is 11.9. The summed E-state index contributed by atoms with van der Waals surface area (Å²) >= 11 is 0. The molecule has 0 aromatic heterocycles. The Balaban J connectivity index is 1.62. The summed E-state index contributed by atoms with van der Waals surface area (Å²) in [4.78, 5) is 0.318. The van der Waals surface area contributed by atoms with E-state index in [0.717, 1.165) is 18.6 Å². The van der Waals surface area contributed by atoms with E-state index in [1.54, 1.807) is 18.2 Å². The zero-order valence-electron chi connectivity index (χ0n) is 13.8. The van der Waals surface area contributed by atoms with Crippen molar-refractivity contribution in [3.63, 3.8) is 0 Å². The average molecular weight is 338 g/mol. The zero-order valence-corrected chi connectivity index (χ0v) is 14.7. The van der Waals surface area contributed by atoms with Crippen LogP contribution in [0.4, 0.5) is 0 Å². The van der Waals surface area contributed by atoms with E-state index in [1.165, 1.54) is 26.3 Å². The number of hydrogen-bond acceptors (Lipinski definition) is 4. The van der Waals surface area contributed by atoms with Crippen LogP contribution in [0.5, 0.6) is 0 Å². The lowest BCUT2D eigenvalue weighted by Gasteiger charge is -2.61. The van der Waals surface area contributed by atoms with Crippen LogP contribution in [0.1, 0.15) is 38.2 Å². The first-order chi connectivity index (χ1) is 11.0. The van der Waals surface area contributed by atoms with E-state index >= 15 is 0 Å². The van der Waals surface area contributed by atoms with E-state index in [2.05, 4.69) is 17.0 Å². The average Bonchev–Trinajstić information content (AvgIpc) is 2.48. The van der Waals surface area contributed by atoms with Crippen molar-refractivity contribution in [2.45, 2.75) is 56.2 Å². The fraction of sp³-hybridized carbons (Fsp3) is 0.647. The van der Waals surface area contributed by atoms with Crippen LogP contribution in [0, 0.1) is 5.41 Å². The van der Waals surface area contributed by atoms with Crippen LogP contribution in [-0.2, 0) is 21.3 Å². The van der Waals surface area contributed by atoms with E-state index < -0.39 is 10.0 Å². The lowest BCUT2D eigenvalue weighted by molar-refractivity contribution is -0.173. The molecule has 0 radical (unpaired) electrons. The molecule has 2 aliphatic carbocycles. The van der Waals surface area contributed by atoms with Gasteiger partial charge >= 0.3 is 0 Å². The normalized spacial score (nSPS) is 25.8. The van der Waals surface area contributed by atoms with Gasteiger partial charge in [0, 0.05) is 24.6 Å². The molecule has 23 heavy (non-hydrogen) atoms. The molecule has 2 saturated carbocycles. The van der Waals surface area contributed by atoms with Crippen molar-refractivity contribution < 1.29 is 13.2 Å². The van der Waals surface area contributed by atoms with Crippen molar-refractivity contribution in [3.8, 4) is 0 Å². The van der Waals surface area contributed by atoms with E-state index in [4.69, 9.17) is 4.74 Å². The van der Waals surface area contributed by atoms with Crippen molar-refractivity contribution >= 4 is 10.0 Å². The summed E-state index contributed by atoms with van der Waals surface area (Å²) in [6.07, 6.45) is 5.22. The van der Waals surface area contributed by atoms with Crippen LogP contribution >= 0.6 is 0 Å². The molecule has 1 spiro atoms. The highest BCUT2D eigenvalue weighted by Gasteiger charge is 2.58. The summed E-state index contributed by atoms with van der Waals surface area (Å²) in [6.45, 7) is 3.53. The first kappa shape index (κ1) is 16.9. The number of hydrogen-bond donors (Lipinski definition) is 2. The van der Waals surface area contributed by atoms with Gasteiger partial charge in [-0.3, -0.25) is 0 Å². The fourth-order valence-electron chi connectivity index (χ4n) is 3.91. The quantitative estimate of drug-likeness (QED) is 0.798. The second kappa shape index (κ2) is 6.51. The molecule has 0 saturated heterocycles. The van der Waals surface area contributed by atoms with Crippen LogP contribution in [0.2, 0.25) is 0 Å². The van der Waals surface area contributed by atoms with Crippen molar-refractivity contribution in [3.05, 3.63) is 29.8 Å². The predicted octanol–water partition coefficient (Wildman–Crippen LogP) is 2.03. The Hall–Kier alpha value is -0.950. The molecule has 2 fully saturated rings. The molecular formula is C17H26N2O3S. The molecule has 1 aromatic carbocycles. The van der Waals surface area contributed by atoms with Gasteiger partial charge in [0.25, 0.3) is 0 Å². The van der Waals surface area contributed by atoms with Gasteiger partial charge in [-0.2, -0.15) is 0 Å². The number of sulfonamides is 1. The Kier molecular flexibility index (Phi) is 4.78. The lowest BCUT2D eigenvalue weighted by atomic mass is 9.51. The first-order valence-corrected chi connectivity index (χ1v) is 9.87. The molecule has 2 atom stereocenters. The summed E-state index contributed by atoms with van der Waals surface area (Å²) in [5.74, 6) is 0. The van der Waals surface area contributed by atoms with Gasteiger partial charge in [-0.1, -0.05) is 18.6 Å².